The fourth-order valence-corrected chi connectivity index (χ4v) is 1.28. The van der Waals surface area contributed by atoms with Crippen LogP contribution in [0.5, 0.6) is 0 Å². The van der Waals surface area contributed by atoms with Crippen molar-refractivity contribution in [1.82, 2.24) is 9.88 Å². The molecule has 0 radical (unpaired) electrons. The maximum atomic E-state index is 11.8. The Hall–Kier alpha value is -1.58. The van der Waals surface area contributed by atoms with E-state index in [0.717, 1.165) is 17.9 Å². The Bertz CT molecular complexity index is 339. The summed E-state index contributed by atoms with van der Waals surface area (Å²) in [6.07, 6.45) is 0.823. The van der Waals surface area contributed by atoms with Crippen molar-refractivity contribution < 1.29 is 4.79 Å². The van der Waals surface area contributed by atoms with Crippen LogP contribution in [0.25, 0.3) is 0 Å². The zero-order valence-corrected chi connectivity index (χ0v) is 9.66. The van der Waals surface area contributed by atoms with Crippen molar-refractivity contribution in [2.45, 2.75) is 13.3 Å². The highest BCUT2D eigenvalue weighted by molar-refractivity contribution is 5.94. The van der Waals surface area contributed by atoms with Gasteiger partial charge in [0.15, 0.2) is 0 Å². The number of anilines is 1. The minimum Gasteiger partial charge on any atom is -0.373 e. The summed E-state index contributed by atoms with van der Waals surface area (Å²) in [5.41, 5.74) is 1.60. The van der Waals surface area contributed by atoms with Gasteiger partial charge in [0.25, 0.3) is 5.91 Å². The van der Waals surface area contributed by atoms with Crippen molar-refractivity contribution in [2.24, 2.45) is 0 Å². The smallest absolute Gasteiger partial charge is 0.253 e. The number of rotatable bonds is 3. The summed E-state index contributed by atoms with van der Waals surface area (Å²) in [6, 6.07) is 3.60. The first kappa shape index (κ1) is 11.5. The fraction of sp³-hybridized carbons (Fsp3) is 0.455. The first-order chi connectivity index (χ1) is 7.08. The van der Waals surface area contributed by atoms with Gasteiger partial charge in [0.1, 0.15) is 5.82 Å². The first-order valence-corrected chi connectivity index (χ1v) is 4.98. The molecule has 1 heterocycles. The van der Waals surface area contributed by atoms with Gasteiger partial charge in [0.2, 0.25) is 0 Å². The summed E-state index contributed by atoms with van der Waals surface area (Å²) in [4.78, 5) is 17.6. The number of hydrogen-bond acceptors (Lipinski definition) is 3. The molecule has 0 aliphatic rings. The van der Waals surface area contributed by atoms with Gasteiger partial charge in [0.05, 0.1) is 0 Å². The van der Waals surface area contributed by atoms with Gasteiger partial charge < -0.3 is 10.2 Å². The Morgan fingerprint density at radius 3 is 2.60 bits per heavy atom. The highest BCUT2D eigenvalue weighted by Crippen LogP contribution is 2.12. The SMILES string of the molecule is CCc1cc(C(=O)N(C)C)cc(NC)n1. The summed E-state index contributed by atoms with van der Waals surface area (Å²) in [6.45, 7) is 2.02. The molecule has 0 aromatic carbocycles. The lowest BCUT2D eigenvalue weighted by atomic mass is 10.1. The summed E-state index contributed by atoms with van der Waals surface area (Å²) in [5, 5.41) is 2.95. The molecule has 1 rings (SSSR count). The lowest BCUT2D eigenvalue weighted by molar-refractivity contribution is 0.0827. The number of amides is 1. The van der Waals surface area contributed by atoms with Gasteiger partial charge in [0, 0.05) is 32.4 Å². The Balaban J connectivity index is 3.12. The van der Waals surface area contributed by atoms with Gasteiger partial charge in [-0.3, -0.25) is 4.79 Å². The second-order valence-electron chi connectivity index (χ2n) is 3.54. The van der Waals surface area contributed by atoms with Crippen LogP contribution < -0.4 is 5.32 Å². The van der Waals surface area contributed by atoms with E-state index in [1.54, 1.807) is 32.1 Å². The third-order valence-corrected chi connectivity index (χ3v) is 2.15. The van der Waals surface area contributed by atoms with Crippen molar-refractivity contribution in [1.29, 1.82) is 0 Å². The first-order valence-electron chi connectivity index (χ1n) is 4.98. The normalized spacial score (nSPS) is 9.87. The number of carbonyl (C=O) groups is 1. The molecule has 0 spiro atoms. The number of carbonyl (C=O) groups excluding carboxylic acids is 1. The van der Waals surface area contributed by atoms with Crippen LogP contribution in [0.4, 0.5) is 5.82 Å². The maximum Gasteiger partial charge on any atom is 0.253 e. The molecule has 0 saturated carbocycles. The van der Waals surface area contributed by atoms with Gasteiger partial charge >= 0.3 is 0 Å². The second kappa shape index (κ2) is 4.77. The van der Waals surface area contributed by atoms with Crippen LogP contribution in [0.15, 0.2) is 12.1 Å². The minimum atomic E-state index is 0.00333. The Morgan fingerprint density at radius 1 is 1.47 bits per heavy atom. The number of aryl methyl sites for hydroxylation is 1. The average molecular weight is 207 g/mol. The third kappa shape index (κ3) is 2.68. The van der Waals surface area contributed by atoms with Crippen LogP contribution in [0, 0.1) is 0 Å². The Labute approximate surface area is 90.3 Å². The van der Waals surface area contributed by atoms with E-state index >= 15 is 0 Å². The van der Waals surface area contributed by atoms with Crippen LogP contribution in [-0.4, -0.2) is 36.9 Å². The fourth-order valence-electron chi connectivity index (χ4n) is 1.28. The largest absolute Gasteiger partial charge is 0.373 e. The van der Waals surface area contributed by atoms with Crippen LogP contribution >= 0.6 is 0 Å². The molecule has 0 aliphatic heterocycles. The Morgan fingerprint density at radius 2 is 2.13 bits per heavy atom. The van der Waals surface area contributed by atoms with E-state index in [2.05, 4.69) is 10.3 Å². The summed E-state index contributed by atoms with van der Waals surface area (Å²) in [5.74, 6) is 0.739. The molecule has 4 heteroatoms. The maximum absolute atomic E-state index is 11.8. The third-order valence-electron chi connectivity index (χ3n) is 2.15. The molecule has 1 N–H and O–H groups in total. The lowest BCUT2D eigenvalue weighted by Crippen LogP contribution is -2.22. The van der Waals surface area contributed by atoms with Crippen LogP contribution in [0.3, 0.4) is 0 Å². The van der Waals surface area contributed by atoms with Gasteiger partial charge in [-0.15, -0.1) is 0 Å². The number of nitrogens with zero attached hydrogens (tertiary/aromatic N) is 2. The van der Waals surface area contributed by atoms with Crippen molar-refractivity contribution in [2.75, 3.05) is 26.5 Å². The molecule has 1 aromatic heterocycles. The molecule has 1 amide bonds. The van der Waals surface area contributed by atoms with Crippen LogP contribution in [0.1, 0.15) is 23.0 Å². The van der Waals surface area contributed by atoms with Gasteiger partial charge in [-0.1, -0.05) is 6.92 Å². The van der Waals surface area contributed by atoms with Crippen molar-refractivity contribution in [3.05, 3.63) is 23.4 Å². The predicted molar refractivity (Wildman–Crippen MR) is 61.2 cm³/mol. The van der Waals surface area contributed by atoms with Crippen molar-refractivity contribution >= 4 is 11.7 Å². The van der Waals surface area contributed by atoms with Crippen molar-refractivity contribution in [3.63, 3.8) is 0 Å². The van der Waals surface area contributed by atoms with E-state index < -0.39 is 0 Å². The molecule has 1 aromatic rings. The van der Waals surface area contributed by atoms with Crippen LogP contribution in [0.2, 0.25) is 0 Å². The molecule has 0 unspecified atom stereocenters. The van der Waals surface area contributed by atoms with Crippen LogP contribution in [-0.2, 0) is 6.42 Å². The molecule has 0 fully saturated rings. The number of nitrogens with one attached hydrogen (secondary N) is 1. The average Bonchev–Trinajstić information content (AvgIpc) is 2.27. The number of hydrogen-bond donors (Lipinski definition) is 1. The zero-order chi connectivity index (χ0) is 11.4. The monoisotopic (exact) mass is 207 g/mol. The Kier molecular flexibility index (Phi) is 3.66. The van der Waals surface area contributed by atoms with Gasteiger partial charge in [-0.05, 0) is 18.6 Å². The van der Waals surface area contributed by atoms with E-state index in [-0.39, 0.29) is 5.91 Å². The summed E-state index contributed by atoms with van der Waals surface area (Å²) >= 11 is 0. The molecular formula is C11H17N3O. The number of pyridine rings is 1. The van der Waals surface area contributed by atoms with Gasteiger partial charge in [-0.25, -0.2) is 4.98 Å². The minimum absolute atomic E-state index is 0.00333. The quantitative estimate of drug-likeness (QED) is 0.814. The zero-order valence-electron chi connectivity index (χ0n) is 9.66. The number of aromatic nitrogens is 1. The second-order valence-corrected chi connectivity index (χ2v) is 3.54. The predicted octanol–water partition coefficient (Wildman–Crippen LogP) is 1.39. The standard InChI is InChI=1S/C11H17N3O/c1-5-9-6-8(11(15)14(3)4)7-10(12-2)13-9/h6-7H,5H2,1-4H3,(H,12,13). The molecule has 0 aliphatic carbocycles. The van der Waals surface area contributed by atoms with E-state index in [1.165, 1.54) is 0 Å². The highest BCUT2D eigenvalue weighted by Gasteiger charge is 2.10. The molecular weight excluding hydrogens is 190 g/mol. The van der Waals surface area contributed by atoms with Gasteiger partial charge in [-0.2, -0.15) is 0 Å². The van der Waals surface area contributed by atoms with E-state index in [1.807, 2.05) is 13.0 Å². The summed E-state index contributed by atoms with van der Waals surface area (Å²) < 4.78 is 0. The topological polar surface area (TPSA) is 45.2 Å². The van der Waals surface area contributed by atoms with E-state index in [9.17, 15) is 4.79 Å². The summed E-state index contributed by atoms with van der Waals surface area (Å²) in [7, 11) is 5.28. The van der Waals surface area contributed by atoms with E-state index in [0.29, 0.717) is 5.56 Å². The molecule has 4 nitrogen and oxygen atoms in total. The highest BCUT2D eigenvalue weighted by atomic mass is 16.2. The van der Waals surface area contributed by atoms with Crippen molar-refractivity contribution in [3.8, 4) is 0 Å². The molecule has 0 bridgehead atoms. The molecule has 0 atom stereocenters. The molecule has 15 heavy (non-hydrogen) atoms. The lowest BCUT2D eigenvalue weighted by Gasteiger charge is -2.12. The molecule has 82 valence electrons. The molecule has 0 saturated heterocycles. The van der Waals surface area contributed by atoms with E-state index in [4.69, 9.17) is 0 Å².